The van der Waals surface area contributed by atoms with Crippen LogP contribution in [0.2, 0.25) is 0 Å². The Balaban J connectivity index is 2.64. The van der Waals surface area contributed by atoms with Gasteiger partial charge in [0.2, 0.25) is 5.91 Å². The van der Waals surface area contributed by atoms with E-state index in [1.54, 1.807) is 0 Å². The molecule has 4 atom stereocenters. The molecule has 1 saturated heterocycles. The highest BCUT2D eigenvalue weighted by molar-refractivity contribution is 5.78. The van der Waals surface area contributed by atoms with Crippen LogP contribution in [-0.2, 0) is 4.79 Å². The van der Waals surface area contributed by atoms with Gasteiger partial charge in [0.1, 0.15) is 0 Å². The molecule has 0 aromatic carbocycles. The Labute approximate surface area is 137 Å². The normalized spacial score (nSPS) is 33.0. The summed E-state index contributed by atoms with van der Waals surface area (Å²) in [6, 6.07) is 0. The molecule has 1 aliphatic heterocycles. The number of amides is 1. The topological polar surface area (TPSA) is 49.3 Å². The summed E-state index contributed by atoms with van der Waals surface area (Å²) in [4.78, 5) is 12.2. The quantitative estimate of drug-likeness (QED) is 0.817. The van der Waals surface area contributed by atoms with Gasteiger partial charge in [-0.05, 0) is 50.4 Å². The molecule has 22 heavy (non-hydrogen) atoms. The van der Waals surface area contributed by atoms with Crippen molar-refractivity contribution in [2.75, 3.05) is 6.54 Å². The molecule has 0 radical (unpaired) electrons. The molecule has 130 valence electrons. The highest BCUT2D eigenvalue weighted by Gasteiger charge is 2.21. The lowest BCUT2D eigenvalue weighted by molar-refractivity contribution is -0.125. The highest BCUT2D eigenvalue weighted by Crippen LogP contribution is 2.26. The molecule has 1 fully saturated rings. The van der Waals surface area contributed by atoms with Crippen molar-refractivity contribution in [3.63, 3.8) is 0 Å². The van der Waals surface area contributed by atoms with Crippen LogP contribution in [0.1, 0.15) is 85.0 Å². The van der Waals surface area contributed by atoms with Crippen LogP contribution in [0, 0.1) is 17.8 Å². The van der Waals surface area contributed by atoms with Gasteiger partial charge in [-0.25, -0.2) is 0 Å². The number of aliphatic hydroxyl groups excluding tert-OH is 1. The van der Waals surface area contributed by atoms with E-state index >= 15 is 0 Å². The average Bonchev–Trinajstić information content (AvgIpc) is 2.53. The van der Waals surface area contributed by atoms with Gasteiger partial charge >= 0.3 is 0 Å². The average molecular weight is 312 g/mol. The highest BCUT2D eigenvalue weighted by atomic mass is 16.3. The maximum Gasteiger partial charge on any atom is 0.223 e. The standard InChI is InChI=1S/C19H37NO2/c1-4-15-9-7-10-17(6-3)19(22)20-14-8-11-16(5-2)18(21)13-12-15/h15-18,21H,4-14H2,1-3H3,(H,20,22)/t15?,16-,17?,18-/m1/s1. The summed E-state index contributed by atoms with van der Waals surface area (Å²) in [7, 11) is 0. The van der Waals surface area contributed by atoms with Crippen LogP contribution in [0.5, 0.6) is 0 Å². The van der Waals surface area contributed by atoms with Gasteiger partial charge in [-0.2, -0.15) is 0 Å². The third kappa shape index (κ3) is 6.68. The van der Waals surface area contributed by atoms with Crippen LogP contribution < -0.4 is 5.32 Å². The molecule has 2 N–H and O–H groups in total. The van der Waals surface area contributed by atoms with E-state index in [0.29, 0.717) is 11.8 Å². The first kappa shape index (κ1) is 19.5. The molecular weight excluding hydrogens is 274 g/mol. The number of hydrogen-bond acceptors (Lipinski definition) is 2. The lowest BCUT2D eigenvalue weighted by Gasteiger charge is -2.25. The molecule has 3 heteroatoms. The van der Waals surface area contributed by atoms with E-state index in [2.05, 4.69) is 26.1 Å². The van der Waals surface area contributed by atoms with Crippen molar-refractivity contribution in [1.29, 1.82) is 0 Å². The van der Waals surface area contributed by atoms with Crippen molar-refractivity contribution in [2.24, 2.45) is 17.8 Å². The number of carbonyl (C=O) groups excluding carboxylic acids is 1. The van der Waals surface area contributed by atoms with Gasteiger partial charge in [0.15, 0.2) is 0 Å². The minimum atomic E-state index is -0.166. The van der Waals surface area contributed by atoms with Crippen LogP contribution in [0.15, 0.2) is 0 Å². The maximum atomic E-state index is 12.2. The Hall–Kier alpha value is -0.570. The first-order valence-corrected chi connectivity index (χ1v) is 9.58. The van der Waals surface area contributed by atoms with Crippen molar-refractivity contribution in [3.05, 3.63) is 0 Å². The van der Waals surface area contributed by atoms with E-state index in [0.717, 1.165) is 57.9 Å². The van der Waals surface area contributed by atoms with Crippen molar-refractivity contribution in [2.45, 2.75) is 91.1 Å². The molecule has 1 aliphatic rings. The number of rotatable bonds is 3. The van der Waals surface area contributed by atoms with Crippen LogP contribution in [0.4, 0.5) is 0 Å². The fourth-order valence-corrected chi connectivity index (χ4v) is 3.76. The fourth-order valence-electron chi connectivity index (χ4n) is 3.76. The molecule has 0 aliphatic carbocycles. The molecule has 0 bridgehead atoms. The summed E-state index contributed by atoms with van der Waals surface area (Å²) >= 11 is 0. The van der Waals surface area contributed by atoms with Gasteiger partial charge in [0.25, 0.3) is 0 Å². The molecule has 0 aromatic rings. The zero-order chi connectivity index (χ0) is 16.4. The van der Waals surface area contributed by atoms with E-state index in [1.165, 1.54) is 12.8 Å². The van der Waals surface area contributed by atoms with Crippen molar-refractivity contribution >= 4 is 5.91 Å². The lowest BCUT2D eigenvalue weighted by atomic mass is 9.85. The molecule has 0 aromatic heterocycles. The summed E-state index contributed by atoms with van der Waals surface area (Å²) in [6.45, 7) is 7.30. The van der Waals surface area contributed by atoms with E-state index < -0.39 is 0 Å². The first-order valence-electron chi connectivity index (χ1n) is 9.58. The molecule has 2 unspecified atom stereocenters. The Bertz CT molecular complexity index is 306. The third-order valence-corrected chi connectivity index (χ3v) is 5.60. The van der Waals surface area contributed by atoms with Gasteiger partial charge in [-0.3, -0.25) is 4.79 Å². The lowest BCUT2D eigenvalue weighted by Crippen LogP contribution is -2.32. The van der Waals surface area contributed by atoms with E-state index in [9.17, 15) is 9.90 Å². The molecule has 1 rings (SSSR count). The summed E-state index contributed by atoms with van der Waals surface area (Å²) in [5.74, 6) is 1.52. The van der Waals surface area contributed by atoms with Gasteiger partial charge in [0.05, 0.1) is 6.10 Å². The van der Waals surface area contributed by atoms with Crippen molar-refractivity contribution < 1.29 is 9.90 Å². The second-order valence-electron chi connectivity index (χ2n) is 7.06. The molecule has 3 nitrogen and oxygen atoms in total. The number of hydrogen-bond donors (Lipinski definition) is 2. The number of carbonyl (C=O) groups is 1. The Kier molecular flexibility index (Phi) is 9.77. The Morgan fingerprint density at radius 3 is 2.36 bits per heavy atom. The predicted molar refractivity (Wildman–Crippen MR) is 92.7 cm³/mol. The zero-order valence-electron chi connectivity index (χ0n) is 14.9. The van der Waals surface area contributed by atoms with Crippen LogP contribution in [-0.4, -0.2) is 23.7 Å². The van der Waals surface area contributed by atoms with Crippen LogP contribution in [0.3, 0.4) is 0 Å². The molecule has 0 saturated carbocycles. The molecular formula is C19H37NO2. The second kappa shape index (κ2) is 11.0. The molecule has 1 amide bonds. The first-order chi connectivity index (χ1) is 10.6. The summed E-state index contributed by atoms with van der Waals surface area (Å²) in [5.41, 5.74) is 0. The zero-order valence-corrected chi connectivity index (χ0v) is 14.9. The smallest absolute Gasteiger partial charge is 0.223 e. The summed E-state index contributed by atoms with van der Waals surface area (Å²) < 4.78 is 0. The van der Waals surface area contributed by atoms with Crippen LogP contribution >= 0.6 is 0 Å². The number of aliphatic hydroxyl groups is 1. The van der Waals surface area contributed by atoms with E-state index in [1.807, 2.05) is 0 Å². The fraction of sp³-hybridized carbons (Fsp3) is 0.947. The molecule has 0 spiro atoms. The number of nitrogens with one attached hydrogen (secondary N) is 1. The Morgan fingerprint density at radius 2 is 1.73 bits per heavy atom. The van der Waals surface area contributed by atoms with E-state index in [4.69, 9.17) is 0 Å². The van der Waals surface area contributed by atoms with Crippen molar-refractivity contribution in [3.8, 4) is 0 Å². The van der Waals surface area contributed by atoms with Gasteiger partial charge in [-0.1, -0.05) is 46.5 Å². The SMILES string of the molecule is CCC1CCCC(CC)C(=O)NCCC[C@@H](CC)[C@H](O)CC1. The van der Waals surface area contributed by atoms with Crippen LogP contribution in [0.25, 0.3) is 0 Å². The largest absolute Gasteiger partial charge is 0.393 e. The summed E-state index contributed by atoms with van der Waals surface area (Å²) in [5, 5.41) is 13.5. The predicted octanol–water partition coefficient (Wildman–Crippen LogP) is 4.29. The Morgan fingerprint density at radius 1 is 0.955 bits per heavy atom. The second-order valence-corrected chi connectivity index (χ2v) is 7.06. The van der Waals surface area contributed by atoms with Gasteiger partial charge < -0.3 is 10.4 Å². The third-order valence-electron chi connectivity index (χ3n) is 5.60. The molecule has 1 heterocycles. The minimum Gasteiger partial charge on any atom is -0.393 e. The monoisotopic (exact) mass is 311 g/mol. The minimum absolute atomic E-state index is 0.166. The maximum absolute atomic E-state index is 12.2. The van der Waals surface area contributed by atoms with Gasteiger partial charge in [0, 0.05) is 12.5 Å². The van der Waals surface area contributed by atoms with Gasteiger partial charge in [-0.15, -0.1) is 0 Å². The summed E-state index contributed by atoms with van der Waals surface area (Å²) in [6.07, 6.45) is 10.4. The van der Waals surface area contributed by atoms with Crippen molar-refractivity contribution in [1.82, 2.24) is 5.32 Å². The van der Waals surface area contributed by atoms with E-state index in [-0.39, 0.29) is 17.9 Å².